The van der Waals surface area contributed by atoms with Gasteiger partial charge in [0, 0.05) is 24.4 Å². The predicted octanol–water partition coefficient (Wildman–Crippen LogP) is 1.97. The number of nitrogens with zero attached hydrogens (tertiary/aromatic N) is 1. The van der Waals surface area contributed by atoms with Crippen LogP contribution in [0.4, 0.5) is 0 Å². The summed E-state index contributed by atoms with van der Waals surface area (Å²) in [6, 6.07) is 3.46. The van der Waals surface area contributed by atoms with E-state index < -0.39 is 0 Å². The molecule has 1 aliphatic rings. The fourth-order valence-electron chi connectivity index (χ4n) is 2.94. The molecule has 2 aromatic rings. The number of benzene rings is 1. The fraction of sp³-hybridized carbons (Fsp3) is 0.400. The summed E-state index contributed by atoms with van der Waals surface area (Å²) >= 11 is 0. The normalized spacial score (nSPS) is 13.3. The van der Waals surface area contributed by atoms with E-state index in [1.54, 1.807) is 33.5 Å². The molecule has 1 aliphatic heterocycles. The summed E-state index contributed by atoms with van der Waals surface area (Å²) < 4.78 is 18.3. The zero-order valence-electron chi connectivity index (χ0n) is 11.9. The van der Waals surface area contributed by atoms with Crippen LogP contribution in [0.5, 0.6) is 17.2 Å². The Hall–Kier alpha value is -2.17. The topological polar surface area (TPSA) is 49.7 Å². The van der Waals surface area contributed by atoms with Crippen LogP contribution in [-0.2, 0) is 13.0 Å². The summed E-state index contributed by atoms with van der Waals surface area (Å²) in [5.74, 6) is 1.61. The Balaban J connectivity index is 2.53. The van der Waals surface area contributed by atoms with Gasteiger partial charge < -0.3 is 18.8 Å². The molecule has 0 atom stereocenters. The van der Waals surface area contributed by atoms with Crippen LogP contribution in [0.25, 0.3) is 10.9 Å². The van der Waals surface area contributed by atoms with Crippen LogP contribution >= 0.6 is 0 Å². The second-order valence-corrected chi connectivity index (χ2v) is 4.79. The first-order valence-electron chi connectivity index (χ1n) is 6.56. The minimum Gasteiger partial charge on any atom is -0.494 e. The second kappa shape index (κ2) is 4.74. The maximum Gasteiger partial charge on any atom is 0.193 e. The van der Waals surface area contributed by atoms with Crippen molar-refractivity contribution in [2.24, 2.45) is 0 Å². The summed E-state index contributed by atoms with van der Waals surface area (Å²) in [5.41, 5.74) is 1.79. The van der Waals surface area contributed by atoms with Crippen LogP contribution in [-0.4, -0.2) is 25.9 Å². The van der Waals surface area contributed by atoms with Gasteiger partial charge in [0.1, 0.15) is 5.75 Å². The Morgan fingerprint density at radius 1 is 1.05 bits per heavy atom. The van der Waals surface area contributed by atoms with Crippen molar-refractivity contribution in [2.45, 2.75) is 19.4 Å². The minimum atomic E-state index is -0.0535. The Morgan fingerprint density at radius 2 is 1.80 bits per heavy atom. The van der Waals surface area contributed by atoms with Crippen molar-refractivity contribution >= 4 is 10.9 Å². The van der Waals surface area contributed by atoms with Crippen molar-refractivity contribution in [2.75, 3.05) is 21.3 Å². The quantitative estimate of drug-likeness (QED) is 0.859. The highest BCUT2D eigenvalue weighted by Crippen LogP contribution is 2.40. The summed E-state index contributed by atoms with van der Waals surface area (Å²) in [6.45, 7) is 0.887. The van der Waals surface area contributed by atoms with Crippen molar-refractivity contribution in [3.05, 3.63) is 28.0 Å². The number of pyridine rings is 1. The van der Waals surface area contributed by atoms with Gasteiger partial charge in [-0.1, -0.05) is 0 Å². The van der Waals surface area contributed by atoms with E-state index in [-0.39, 0.29) is 5.43 Å². The highest BCUT2D eigenvalue weighted by Gasteiger charge is 2.23. The average molecular weight is 275 g/mol. The van der Waals surface area contributed by atoms with Gasteiger partial charge in [0.2, 0.25) is 0 Å². The lowest BCUT2D eigenvalue weighted by atomic mass is 10.1. The molecular weight excluding hydrogens is 258 g/mol. The van der Waals surface area contributed by atoms with Crippen LogP contribution in [0.3, 0.4) is 0 Å². The third kappa shape index (κ3) is 1.66. The molecule has 3 rings (SSSR count). The SMILES string of the molecule is COc1cc(OC)c2c(c1OC)c(=O)cc1n2CCC1. The van der Waals surface area contributed by atoms with Gasteiger partial charge in [-0.3, -0.25) is 4.79 Å². The Kier molecular flexibility index (Phi) is 3.04. The molecule has 0 N–H and O–H groups in total. The van der Waals surface area contributed by atoms with Gasteiger partial charge in [-0.2, -0.15) is 0 Å². The molecule has 1 aromatic heterocycles. The van der Waals surface area contributed by atoms with Crippen LogP contribution in [0.2, 0.25) is 0 Å². The minimum absolute atomic E-state index is 0.0535. The molecule has 0 unspecified atom stereocenters. The highest BCUT2D eigenvalue weighted by molar-refractivity contribution is 5.93. The summed E-state index contributed by atoms with van der Waals surface area (Å²) in [5, 5.41) is 0.523. The van der Waals surface area contributed by atoms with E-state index in [2.05, 4.69) is 4.57 Å². The average Bonchev–Trinajstić information content (AvgIpc) is 2.93. The summed E-state index contributed by atoms with van der Waals surface area (Å²) in [6.07, 6.45) is 1.96. The molecule has 0 saturated heterocycles. The van der Waals surface area contributed by atoms with Gasteiger partial charge in [-0.05, 0) is 12.8 Å². The summed E-state index contributed by atoms with van der Waals surface area (Å²) in [7, 11) is 4.69. The molecule has 0 radical (unpaired) electrons. The third-order valence-corrected chi connectivity index (χ3v) is 3.80. The first-order chi connectivity index (χ1) is 9.71. The monoisotopic (exact) mass is 275 g/mol. The van der Waals surface area contributed by atoms with Gasteiger partial charge in [0.25, 0.3) is 0 Å². The zero-order chi connectivity index (χ0) is 14.3. The largest absolute Gasteiger partial charge is 0.494 e. The second-order valence-electron chi connectivity index (χ2n) is 4.79. The van der Waals surface area contributed by atoms with Crippen molar-refractivity contribution in [3.8, 4) is 17.2 Å². The lowest BCUT2D eigenvalue weighted by Crippen LogP contribution is -2.12. The van der Waals surface area contributed by atoms with Crippen LogP contribution in [0, 0.1) is 0 Å². The van der Waals surface area contributed by atoms with Crippen molar-refractivity contribution in [3.63, 3.8) is 0 Å². The molecule has 0 aliphatic carbocycles. The van der Waals surface area contributed by atoms with E-state index in [1.165, 1.54) is 0 Å². The van der Waals surface area contributed by atoms with Gasteiger partial charge in [-0.25, -0.2) is 0 Å². The Bertz CT molecular complexity index is 733. The number of ether oxygens (including phenoxy) is 3. The van der Waals surface area contributed by atoms with E-state index in [0.717, 1.165) is 30.6 Å². The number of fused-ring (bicyclic) bond motifs is 3. The Morgan fingerprint density at radius 3 is 2.45 bits per heavy atom. The van der Waals surface area contributed by atoms with E-state index >= 15 is 0 Å². The lowest BCUT2D eigenvalue weighted by Gasteiger charge is -2.17. The molecule has 0 amide bonds. The number of hydrogen-bond acceptors (Lipinski definition) is 4. The molecule has 2 heterocycles. The van der Waals surface area contributed by atoms with E-state index in [4.69, 9.17) is 14.2 Å². The van der Waals surface area contributed by atoms with Crippen LogP contribution < -0.4 is 19.6 Å². The number of aromatic nitrogens is 1. The molecule has 0 saturated carbocycles. The van der Waals surface area contributed by atoms with Gasteiger partial charge in [-0.15, -0.1) is 0 Å². The highest BCUT2D eigenvalue weighted by atomic mass is 16.5. The molecule has 0 bridgehead atoms. The number of aryl methyl sites for hydroxylation is 2. The molecule has 5 heteroatoms. The van der Waals surface area contributed by atoms with Gasteiger partial charge in [0.15, 0.2) is 16.9 Å². The predicted molar refractivity (Wildman–Crippen MR) is 76.2 cm³/mol. The van der Waals surface area contributed by atoms with E-state index in [0.29, 0.717) is 22.6 Å². The van der Waals surface area contributed by atoms with Crippen molar-refractivity contribution in [1.82, 2.24) is 4.57 Å². The number of hydrogen-bond donors (Lipinski definition) is 0. The number of rotatable bonds is 3. The molecule has 1 aromatic carbocycles. The summed E-state index contributed by atoms with van der Waals surface area (Å²) in [4.78, 5) is 12.5. The number of methoxy groups -OCH3 is 3. The molecule has 5 nitrogen and oxygen atoms in total. The standard InChI is InChI=1S/C15H17NO4/c1-18-11-8-12(19-2)15(20-3)13-10(17)7-9-5-4-6-16(9)14(11)13/h7-8H,4-6H2,1-3H3. The third-order valence-electron chi connectivity index (χ3n) is 3.80. The van der Waals surface area contributed by atoms with E-state index in [1.807, 2.05) is 0 Å². The first-order valence-corrected chi connectivity index (χ1v) is 6.56. The van der Waals surface area contributed by atoms with Crippen LogP contribution in [0.1, 0.15) is 12.1 Å². The smallest absolute Gasteiger partial charge is 0.193 e. The van der Waals surface area contributed by atoms with E-state index in [9.17, 15) is 4.79 Å². The maximum absolute atomic E-state index is 12.5. The van der Waals surface area contributed by atoms with Gasteiger partial charge in [0.05, 0.1) is 32.2 Å². The first kappa shape index (κ1) is 12.8. The lowest BCUT2D eigenvalue weighted by molar-refractivity contribution is 0.353. The van der Waals surface area contributed by atoms with Gasteiger partial charge >= 0.3 is 0 Å². The van der Waals surface area contributed by atoms with Crippen molar-refractivity contribution < 1.29 is 14.2 Å². The zero-order valence-corrected chi connectivity index (χ0v) is 11.9. The maximum atomic E-state index is 12.5. The molecular formula is C15H17NO4. The molecule has 20 heavy (non-hydrogen) atoms. The molecule has 0 spiro atoms. The fourth-order valence-corrected chi connectivity index (χ4v) is 2.94. The Labute approximate surface area is 116 Å². The van der Waals surface area contributed by atoms with Crippen molar-refractivity contribution in [1.29, 1.82) is 0 Å². The van der Waals surface area contributed by atoms with Crippen LogP contribution in [0.15, 0.2) is 16.9 Å². The molecule has 106 valence electrons. The molecule has 0 fully saturated rings.